The van der Waals surface area contributed by atoms with E-state index in [-0.39, 0.29) is 11.5 Å². The second kappa shape index (κ2) is 5.67. The van der Waals surface area contributed by atoms with Crippen molar-refractivity contribution in [1.29, 1.82) is 0 Å². The molecule has 2 aromatic rings. The van der Waals surface area contributed by atoms with Gasteiger partial charge in [0.05, 0.1) is 6.61 Å². The van der Waals surface area contributed by atoms with Gasteiger partial charge in [-0.3, -0.25) is 0 Å². The molecular weight excluding hydrogens is 267 g/mol. The van der Waals surface area contributed by atoms with Crippen LogP contribution in [-0.4, -0.2) is 17.7 Å². The lowest BCUT2D eigenvalue weighted by Gasteiger charge is -2.07. The minimum atomic E-state index is -1.04. The number of rotatable bonds is 5. The summed E-state index contributed by atoms with van der Waals surface area (Å²) < 4.78 is 20.0. The molecule has 3 nitrogen and oxygen atoms in total. The predicted octanol–water partition coefficient (Wildman–Crippen LogP) is 3.91. The number of fused-ring (bicyclic) bond motifs is 1. The molecule has 0 saturated heterocycles. The zero-order valence-electron chi connectivity index (χ0n) is 10.8. The Balaban J connectivity index is 2.43. The quantitative estimate of drug-likeness (QED) is 0.904. The fourth-order valence-corrected chi connectivity index (χ4v) is 2.94. The van der Waals surface area contributed by atoms with Crippen LogP contribution in [0.25, 0.3) is 10.1 Å². The molecule has 0 aliphatic carbocycles. The maximum atomic E-state index is 13.9. The molecule has 0 saturated carbocycles. The fourth-order valence-electron chi connectivity index (χ4n) is 1.87. The number of hydrogen-bond acceptors (Lipinski definition) is 3. The van der Waals surface area contributed by atoms with E-state index >= 15 is 0 Å². The molecule has 1 heterocycles. The summed E-state index contributed by atoms with van der Waals surface area (Å²) in [6, 6.07) is 4.65. The van der Waals surface area contributed by atoms with E-state index in [9.17, 15) is 14.3 Å². The fraction of sp³-hybridized carbons (Fsp3) is 0.357. The highest BCUT2D eigenvalue weighted by Crippen LogP contribution is 2.33. The molecule has 0 bridgehead atoms. The van der Waals surface area contributed by atoms with E-state index in [1.54, 1.807) is 12.1 Å². The monoisotopic (exact) mass is 282 g/mol. The van der Waals surface area contributed by atoms with Crippen LogP contribution < -0.4 is 0 Å². The van der Waals surface area contributed by atoms with Crippen molar-refractivity contribution in [3.05, 3.63) is 34.5 Å². The molecule has 0 atom stereocenters. The van der Waals surface area contributed by atoms with Crippen LogP contribution in [0.3, 0.4) is 0 Å². The van der Waals surface area contributed by atoms with Gasteiger partial charge in [-0.2, -0.15) is 0 Å². The van der Waals surface area contributed by atoms with Gasteiger partial charge in [-0.1, -0.05) is 19.9 Å². The van der Waals surface area contributed by atoms with Gasteiger partial charge in [-0.25, -0.2) is 9.18 Å². The highest BCUT2D eigenvalue weighted by atomic mass is 32.1. The number of ether oxygens (including phenoxy) is 1. The minimum absolute atomic E-state index is 0.126. The first-order chi connectivity index (χ1) is 9.00. The van der Waals surface area contributed by atoms with Gasteiger partial charge in [0.25, 0.3) is 0 Å². The third kappa shape index (κ3) is 2.93. The molecule has 5 heteroatoms. The van der Waals surface area contributed by atoms with Gasteiger partial charge in [0.2, 0.25) is 0 Å². The second-order valence-electron chi connectivity index (χ2n) is 4.74. The summed E-state index contributed by atoms with van der Waals surface area (Å²) >= 11 is 1.09. The molecule has 2 rings (SSSR count). The first-order valence-corrected chi connectivity index (χ1v) is 6.83. The Morgan fingerprint density at radius 3 is 2.84 bits per heavy atom. The molecule has 19 heavy (non-hydrogen) atoms. The van der Waals surface area contributed by atoms with E-state index in [0.717, 1.165) is 11.3 Å². The summed E-state index contributed by atoms with van der Waals surface area (Å²) in [7, 11) is 0. The van der Waals surface area contributed by atoms with Gasteiger partial charge in [-0.05, 0) is 18.1 Å². The average Bonchev–Trinajstić information content (AvgIpc) is 2.69. The number of carboxylic acids is 1. The van der Waals surface area contributed by atoms with Crippen molar-refractivity contribution in [3.63, 3.8) is 0 Å². The highest BCUT2D eigenvalue weighted by Gasteiger charge is 2.20. The van der Waals surface area contributed by atoms with E-state index in [1.807, 2.05) is 13.8 Å². The summed E-state index contributed by atoms with van der Waals surface area (Å²) in [5.74, 6) is -1.09. The van der Waals surface area contributed by atoms with Gasteiger partial charge in [0, 0.05) is 22.3 Å². The van der Waals surface area contributed by atoms with Gasteiger partial charge < -0.3 is 9.84 Å². The predicted molar refractivity (Wildman–Crippen MR) is 73.2 cm³/mol. The Bertz CT molecular complexity index is 604. The van der Waals surface area contributed by atoms with Crippen LogP contribution >= 0.6 is 11.3 Å². The summed E-state index contributed by atoms with van der Waals surface area (Å²) in [5, 5.41) is 9.57. The molecule has 0 aliphatic heterocycles. The standard InChI is InChI=1S/C14H15FO3S/c1-8(2)6-18-7-9-12-10(15)4-3-5-11(12)19-13(9)14(16)17/h3-5,8H,6-7H2,1-2H3,(H,16,17). The molecule has 1 aromatic carbocycles. The van der Waals surface area contributed by atoms with Crippen LogP contribution in [-0.2, 0) is 11.3 Å². The molecular formula is C14H15FO3S. The third-order valence-corrected chi connectivity index (χ3v) is 3.84. The number of carbonyl (C=O) groups is 1. The molecule has 0 unspecified atom stereocenters. The highest BCUT2D eigenvalue weighted by molar-refractivity contribution is 7.21. The zero-order chi connectivity index (χ0) is 14.0. The smallest absolute Gasteiger partial charge is 0.346 e. The number of hydrogen-bond donors (Lipinski definition) is 1. The van der Waals surface area contributed by atoms with Gasteiger partial charge in [0.15, 0.2) is 0 Å². The van der Waals surface area contributed by atoms with E-state index in [0.29, 0.717) is 28.2 Å². The van der Waals surface area contributed by atoms with Gasteiger partial charge in [0.1, 0.15) is 10.7 Å². The van der Waals surface area contributed by atoms with Crippen LogP contribution in [0.5, 0.6) is 0 Å². The topological polar surface area (TPSA) is 46.5 Å². The summed E-state index contributed by atoms with van der Waals surface area (Å²) in [6.07, 6.45) is 0. The van der Waals surface area contributed by atoms with Crippen LogP contribution in [0.4, 0.5) is 4.39 Å². The van der Waals surface area contributed by atoms with E-state index < -0.39 is 11.8 Å². The maximum Gasteiger partial charge on any atom is 0.346 e. The first-order valence-electron chi connectivity index (χ1n) is 6.01. The number of benzene rings is 1. The molecule has 1 aromatic heterocycles. The van der Waals surface area contributed by atoms with Crippen molar-refractivity contribution in [2.24, 2.45) is 5.92 Å². The number of thiophene rings is 1. The van der Waals surface area contributed by atoms with Crippen molar-refractivity contribution in [2.75, 3.05) is 6.61 Å². The van der Waals surface area contributed by atoms with Crippen molar-refractivity contribution in [3.8, 4) is 0 Å². The van der Waals surface area contributed by atoms with Crippen molar-refractivity contribution in [1.82, 2.24) is 0 Å². The number of carboxylic acid groups (broad SMARTS) is 1. The Morgan fingerprint density at radius 1 is 1.47 bits per heavy atom. The zero-order valence-corrected chi connectivity index (χ0v) is 11.6. The lowest BCUT2D eigenvalue weighted by Crippen LogP contribution is -2.05. The van der Waals surface area contributed by atoms with Crippen LogP contribution in [0, 0.1) is 11.7 Å². The lowest BCUT2D eigenvalue weighted by molar-refractivity contribution is 0.0689. The third-order valence-electron chi connectivity index (χ3n) is 2.66. The molecule has 0 fully saturated rings. The molecule has 0 radical (unpaired) electrons. The van der Waals surface area contributed by atoms with Crippen LogP contribution in [0.1, 0.15) is 29.1 Å². The molecule has 1 N–H and O–H groups in total. The Kier molecular flexibility index (Phi) is 4.17. The van der Waals surface area contributed by atoms with Crippen LogP contribution in [0.15, 0.2) is 18.2 Å². The van der Waals surface area contributed by atoms with Gasteiger partial charge in [-0.15, -0.1) is 11.3 Å². The number of aromatic carboxylic acids is 1. The molecule has 0 amide bonds. The van der Waals surface area contributed by atoms with Crippen molar-refractivity contribution in [2.45, 2.75) is 20.5 Å². The summed E-state index contributed by atoms with van der Waals surface area (Å²) in [6.45, 7) is 4.65. The average molecular weight is 282 g/mol. The normalized spacial score (nSPS) is 11.4. The van der Waals surface area contributed by atoms with E-state index in [1.165, 1.54) is 6.07 Å². The largest absolute Gasteiger partial charge is 0.477 e. The summed E-state index contributed by atoms with van der Waals surface area (Å²) in [4.78, 5) is 11.4. The van der Waals surface area contributed by atoms with E-state index in [2.05, 4.69) is 0 Å². The van der Waals surface area contributed by atoms with Gasteiger partial charge >= 0.3 is 5.97 Å². The summed E-state index contributed by atoms with van der Waals surface area (Å²) in [5.41, 5.74) is 0.436. The Morgan fingerprint density at radius 2 is 2.21 bits per heavy atom. The SMILES string of the molecule is CC(C)COCc1c(C(=O)O)sc2cccc(F)c12. The van der Waals surface area contributed by atoms with E-state index in [4.69, 9.17) is 4.74 Å². The lowest BCUT2D eigenvalue weighted by atomic mass is 10.1. The minimum Gasteiger partial charge on any atom is -0.477 e. The molecule has 0 spiro atoms. The second-order valence-corrected chi connectivity index (χ2v) is 5.79. The Hall–Kier alpha value is -1.46. The first kappa shape index (κ1) is 14.0. The number of halogens is 1. The maximum absolute atomic E-state index is 13.9. The van der Waals surface area contributed by atoms with Crippen molar-refractivity contribution < 1.29 is 19.0 Å². The molecule has 102 valence electrons. The Labute approximate surface area is 114 Å². The molecule has 0 aliphatic rings. The van der Waals surface area contributed by atoms with Crippen LogP contribution in [0.2, 0.25) is 0 Å². The van der Waals surface area contributed by atoms with Crippen molar-refractivity contribution >= 4 is 27.4 Å².